The van der Waals surface area contributed by atoms with E-state index in [4.69, 9.17) is 4.74 Å². The van der Waals surface area contributed by atoms with E-state index in [2.05, 4.69) is 11.9 Å². The Morgan fingerprint density at radius 2 is 1.92 bits per heavy atom. The van der Waals surface area contributed by atoms with Gasteiger partial charge in [0.1, 0.15) is 12.6 Å². The number of ether oxygens (including phenoxy) is 1. The van der Waals surface area contributed by atoms with Crippen molar-refractivity contribution >= 4 is 23.6 Å². The summed E-state index contributed by atoms with van der Waals surface area (Å²) in [5, 5.41) is 12.2. The zero-order chi connectivity index (χ0) is 19.5. The van der Waals surface area contributed by atoms with Crippen LogP contribution in [0.15, 0.2) is 47.9 Å². The predicted molar refractivity (Wildman–Crippen MR) is 105 cm³/mol. The molecule has 26 heavy (non-hydrogen) atoms. The van der Waals surface area contributed by atoms with Crippen molar-refractivity contribution in [3.63, 3.8) is 0 Å². The van der Waals surface area contributed by atoms with Gasteiger partial charge in [0, 0.05) is 23.2 Å². The van der Waals surface area contributed by atoms with Crippen molar-refractivity contribution < 1.29 is 19.4 Å². The van der Waals surface area contributed by atoms with Gasteiger partial charge in [-0.25, -0.2) is 4.79 Å². The van der Waals surface area contributed by atoms with E-state index in [0.717, 1.165) is 4.90 Å². The molecule has 0 aromatic heterocycles. The molecule has 1 aromatic rings. The van der Waals surface area contributed by atoms with Crippen LogP contribution in [-0.4, -0.2) is 41.5 Å². The zero-order valence-electron chi connectivity index (χ0n) is 15.7. The van der Waals surface area contributed by atoms with E-state index in [9.17, 15) is 14.7 Å². The lowest BCUT2D eigenvalue weighted by Crippen LogP contribution is -2.46. The largest absolute Gasteiger partial charge is 0.460 e. The molecule has 0 saturated carbocycles. The summed E-state index contributed by atoms with van der Waals surface area (Å²) >= 11 is 1.56. The number of hydrogen-bond donors (Lipinski definition) is 2. The molecule has 0 aliphatic rings. The van der Waals surface area contributed by atoms with Crippen molar-refractivity contribution in [3.8, 4) is 0 Å². The van der Waals surface area contributed by atoms with Crippen LogP contribution in [-0.2, 0) is 14.3 Å². The van der Waals surface area contributed by atoms with Crippen LogP contribution in [0, 0.1) is 11.8 Å². The number of aliphatic hydroxyl groups is 1. The molecule has 0 saturated heterocycles. The second kappa shape index (κ2) is 11.8. The summed E-state index contributed by atoms with van der Waals surface area (Å²) in [6, 6.07) is 9.06. The maximum Gasteiger partial charge on any atom is 0.329 e. The minimum absolute atomic E-state index is 0.00718. The lowest BCUT2D eigenvalue weighted by atomic mass is 10.0. The Bertz CT molecular complexity index is 576. The topological polar surface area (TPSA) is 75.6 Å². The van der Waals surface area contributed by atoms with Gasteiger partial charge in [0.2, 0.25) is 5.91 Å². The third kappa shape index (κ3) is 7.62. The number of carbonyl (C=O) groups is 2. The number of esters is 1. The average molecular weight is 380 g/mol. The summed E-state index contributed by atoms with van der Waals surface area (Å²) in [5.41, 5.74) is 0. The fourth-order valence-corrected chi connectivity index (χ4v) is 3.51. The summed E-state index contributed by atoms with van der Waals surface area (Å²) in [6.07, 6.45) is 1.70. The Morgan fingerprint density at radius 1 is 1.27 bits per heavy atom. The summed E-state index contributed by atoms with van der Waals surface area (Å²) < 4.78 is 5.07. The highest BCUT2D eigenvalue weighted by Crippen LogP contribution is 2.30. The summed E-state index contributed by atoms with van der Waals surface area (Å²) in [7, 11) is 0. The van der Waals surface area contributed by atoms with Crippen LogP contribution in [0.4, 0.5) is 0 Å². The standard InChI is InChI=1S/C20H29NO4S/c1-5-11-25-20(24)19(14(2)3)21-18(23)12-17(15(4)13-22)26-16-9-7-6-8-10-16/h5-10,14-15,17,19,22H,1,11-13H2,2-4H3,(H,21,23)/t15-,17?,19-/m0/s1. The normalized spacial score (nSPS) is 14.3. The van der Waals surface area contributed by atoms with E-state index in [1.54, 1.807) is 11.8 Å². The second-order valence-corrected chi connectivity index (χ2v) is 7.85. The molecule has 0 aliphatic carbocycles. The molecule has 6 heteroatoms. The van der Waals surface area contributed by atoms with Crippen molar-refractivity contribution in [1.82, 2.24) is 5.32 Å². The molecule has 3 atom stereocenters. The molecule has 144 valence electrons. The lowest BCUT2D eigenvalue weighted by Gasteiger charge is -2.24. The average Bonchev–Trinajstić information content (AvgIpc) is 2.63. The van der Waals surface area contributed by atoms with Crippen LogP contribution < -0.4 is 5.32 Å². The SMILES string of the molecule is C=CCOC(=O)[C@@H](NC(=O)CC(Sc1ccccc1)[C@@H](C)CO)C(C)C. The molecule has 0 spiro atoms. The summed E-state index contributed by atoms with van der Waals surface area (Å²) in [6.45, 7) is 9.24. The Balaban J connectivity index is 2.74. The van der Waals surface area contributed by atoms with Gasteiger partial charge < -0.3 is 15.2 Å². The molecule has 0 aliphatic heterocycles. The van der Waals surface area contributed by atoms with E-state index in [1.165, 1.54) is 6.08 Å². The van der Waals surface area contributed by atoms with Crippen molar-refractivity contribution in [3.05, 3.63) is 43.0 Å². The summed E-state index contributed by atoms with van der Waals surface area (Å²) in [4.78, 5) is 25.7. The van der Waals surface area contributed by atoms with Gasteiger partial charge in [-0.3, -0.25) is 4.79 Å². The fraction of sp³-hybridized carbons (Fsp3) is 0.500. The first-order valence-corrected chi connectivity index (χ1v) is 9.66. The molecule has 0 heterocycles. The Kier molecular flexibility index (Phi) is 10.1. The number of rotatable bonds is 11. The van der Waals surface area contributed by atoms with Crippen LogP contribution in [0.5, 0.6) is 0 Å². The van der Waals surface area contributed by atoms with Gasteiger partial charge in [-0.05, 0) is 24.0 Å². The van der Waals surface area contributed by atoms with E-state index >= 15 is 0 Å². The predicted octanol–water partition coefficient (Wildman–Crippen LogP) is 3.04. The van der Waals surface area contributed by atoms with Gasteiger partial charge in [0.25, 0.3) is 0 Å². The molecular weight excluding hydrogens is 350 g/mol. The third-order valence-electron chi connectivity index (χ3n) is 3.92. The van der Waals surface area contributed by atoms with Gasteiger partial charge in [0.05, 0.1) is 0 Å². The number of benzene rings is 1. The highest BCUT2D eigenvalue weighted by atomic mass is 32.2. The summed E-state index contributed by atoms with van der Waals surface area (Å²) in [5.74, 6) is -0.841. The van der Waals surface area contributed by atoms with Crippen molar-refractivity contribution in [2.45, 2.75) is 43.4 Å². The van der Waals surface area contributed by atoms with Gasteiger partial charge in [-0.1, -0.05) is 51.6 Å². The number of nitrogens with one attached hydrogen (secondary N) is 1. The van der Waals surface area contributed by atoms with Crippen molar-refractivity contribution in [1.29, 1.82) is 0 Å². The van der Waals surface area contributed by atoms with Gasteiger partial charge in [0.15, 0.2) is 0 Å². The van der Waals surface area contributed by atoms with Crippen molar-refractivity contribution in [2.75, 3.05) is 13.2 Å². The number of aliphatic hydroxyl groups excluding tert-OH is 1. The number of thioether (sulfide) groups is 1. The minimum Gasteiger partial charge on any atom is -0.460 e. The highest BCUT2D eigenvalue weighted by molar-refractivity contribution is 8.00. The lowest BCUT2D eigenvalue weighted by molar-refractivity contribution is -0.148. The number of amides is 1. The molecule has 0 fully saturated rings. The Hall–Kier alpha value is -1.79. The molecule has 5 nitrogen and oxygen atoms in total. The maximum absolute atomic E-state index is 12.5. The van der Waals surface area contributed by atoms with Crippen LogP contribution >= 0.6 is 11.8 Å². The first kappa shape index (κ1) is 22.3. The quantitative estimate of drug-likeness (QED) is 0.351. The van der Waals surface area contributed by atoms with Gasteiger partial charge in [-0.2, -0.15) is 0 Å². The first-order chi connectivity index (χ1) is 12.4. The molecular formula is C20H29NO4S. The molecule has 1 aromatic carbocycles. The van der Waals surface area contributed by atoms with E-state index < -0.39 is 12.0 Å². The van der Waals surface area contributed by atoms with Gasteiger partial charge in [-0.15, -0.1) is 11.8 Å². The van der Waals surface area contributed by atoms with E-state index in [0.29, 0.717) is 0 Å². The van der Waals surface area contributed by atoms with Crippen LogP contribution in [0.1, 0.15) is 27.2 Å². The molecule has 0 radical (unpaired) electrons. The highest BCUT2D eigenvalue weighted by Gasteiger charge is 2.28. The minimum atomic E-state index is -0.700. The second-order valence-electron chi connectivity index (χ2n) is 6.54. The monoisotopic (exact) mass is 379 g/mol. The molecule has 1 rings (SSSR count). The molecule has 2 N–H and O–H groups in total. The smallest absolute Gasteiger partial charge is 0.329 e. The zero-order valence-corrected chi connectivity index (χ0v) is 16.5. The van der Waals surface area contributed by atoms with Gasteiger partial charge >= 0.3 is 5.97 Å². The van der Waals surface area contributed by atoms with E-state index in [-0.39, 0.29) is 42.6 Å². The van der Waals surface area contributed by atoms with Crippen molar-refractivity contribution in [2.24, 2.45) is 11.8 Å². The Morgan fingerprint density at radius 3 is 2.46 bits per heavy atom. The molecule has 1 amide bonds. The fourth-order valence-electron chi connectivity index (χ4n) is 2.29. The van der Waals surface area contributed by atoms with Crippen LogP contribution in [0.25, 0.3) is 0 Å². The maximum atomic E-state index is 12.5. The van der Waals surface area contributed by atoms with Crippen LogP contribution in [0.2, 0.25) is 0 Å². The van der Waals surface area contributed by atoms with Crippen LogP contribution in [0.3, 0.4) is 0 Å². The van der Waals surface area contributed by atoms with E-state index in [1.807, 2.05) is 51.1 Å². The first-order valence-electron chi connectivity index (χ1n) is 8.78. The molecule has 1 unspecified atom stereocenters. The number of hydrogen-bond acceptors (Lipinski definition) is 5. The Labute approximate surface area is 160 Å². The third-order valence-corrected chi connectivity index (χ3v) is 5.40. The molecule has 0 bridgehead atoms. The number of carbonyl (C=O) groups excluding carboxylic acids is 2.